The van der Waals surface area contributed by atoms with Gasteiger partial charge in [-0.05, 0) is 33.2 Å². The fraction of sp³-hybridized carbons (Fsp3) is 0.429. The first-order chi connectivity index (χ1) is 9.88. The van der Waals surface area contributed by atoms with Crippen LogP contribution in [0, 0.1) is 0 Å². The first-order valence-corrected chi connectivity index (χ1v) is 6.54. The van der Waals surface area contributed by atoms with Gasteiger partial charge in [0.1, 0.15) is 5.75 Å². The van der Waals surface area contributed by atoms with Gasteiger partial charge in [0.25, 0.3) is 0 Å². The van der Waals surface area contributed by atoms with E-state index in [0.717, 1.165) is 0 Å². The second-order valence-corrected chi connectivity index (χ2v) is 4.94. The Bertz CT molecular complexity index is 491. The Hall–Kier alpha value is -2.28. The number of nitrogens with zero attached hydrogens (tertiary/aromatic N) is 1. The minimum absolute atomic E-state index is 0.0212. The van der Waals surface area contributed by atoms with Gasteiger partial charge in [-0.1, -0.05) is 12.1 Å². The highest BCUT2D eigenvalue weighted by Gasteiger charge is 2.11. The number of anilines is 1. The summed E-state index contributed by atoms with van der Waals surface area (Å²) in [6, 6.07) is 6.29. The summed E-state index contributed by atoms with van der Waals surface area (Å²) in [5, 5.41) is 14.1. The lowest BCUT2D eigenvalue weighted by Gasteiger charge is -2.19. The number of amides is 2. The average molecular weight is 295 g/mol. The Balaban J connectivity index is 2.61. The maximum atomic E-state index is 11.9. The van der Waals surface area contributed by atoms with Gasteiger partial charge in [0.15, 0.2) is 6.61 Å². The summed E-state index contributed by atoms with van der Waals surface area (Å²) in [6.45, 7) is 2.15. The molecule has 0 spiro atoms. The lowest BCUT2D eigenvalue weighted by atomic mass is 10.3. The van der Waals surface area contributed by atoms with E-state index in [1.54, 1.807) is 24.3 Å². The van der Waals surface area contributed by atoms with Crippen molar-refractivity contribution in [3.63, 3.8) is 0 Å². The van der Waals surface area contributed by atoms with E-state index >= 15 is 0 Å². The molecule has 7 heteroatoms. The van der Waals surface area contributed by atoms with Gasteiger partial charge in [-0.25, -0.2) is 9.59 Å². The summed E-state index contributed by atoms with van der Waals surface area (Å²) < 4.78 is 5.12. The number of carbonyl (C=O) groups excluding carboxylic acids is 1. The summed E-state index contributed by atoms with van der Waals surface area (Å²) in [7, 11) is 3.84. The lowest BCUT2D eigenvalue weighted by molar-refractivity contribution is -0.139. The molecule has 0 aromatic heterocycles. The molecule has 1 unspecified atom stereocenters. The number of hydrogen-bond donors (Lipinski definition) is 3. The molecule has 116 valence electrons. The van der Waals surface area contributed by atoms with Crippen molar-refractivity contribution in [3.05, 3.63) is 24.3 Å². The predicted molar refractivity (Wildman–Crippen MR) is 79.7 cm³/mol. The fourth-order valence-electron chi connectivity index (χ4n) is 1.81. The van der Waals surface area contributed by atoms with Crippen molar-refractivity contribution < 1.29 is 19.4 Å². The van der Waals surface area contributed by atoms with Crippen molar-refractivity contribution in [2.24, 2.45) is 0 Å². The molecule has 0 fully saturated rings. The zero-order chi connectivity index (χ0) is 15.8. The smallest absolute Gasteiger partial charge is 0.341 e. The van der Waals surface area contributed by atoms with E-state index in [9.17, 15) is 9.59 Å². The first kappa shape index (κ1) is 16.8. The van der Waals surface area contributed by atoms with E-state index in [4.69, 9.17) is 9.84 Å². The van der Waals surface area contributed by atoms with Crippen LogP contribution in [0.15, 0.2) is 24.3 Å². The molecule has 1 aromatic carbocycles. The third-order valence-corrected chi connectivity index (χ3v) is 2.50. The van der Waals surface area contributed by atoms with Crippen molar-refractivity contribution in [1.29, 1.82) is 0 Å². The molecule has 2 amide bonds. The number of carbonyl (C=O) groups is 2. The average Bonchev–Trinajstić information content (AvgIpc) is 2.36. The Labute approximate surface area is 123 Å². The molecule has 1 rings (SSSR count). The largest absolute Gasteiger partial charge is 0.480 e. The van der Waals surface area contributed by atoms with Crippen LogP contribution in [0.3, 0.4) is 0 Å². The van der Waals surface area contributed by atoms with Crippen LogP contribution in [-0.2, 0) is 4.79 Å². The van der Waals surface area contributed by atoms with E-state index in [0.29, 0.717) is 18.0 Å². The topological polar surface area (TPSA) is 90.9 Å². The number of likely N-dealkylation sites (N-methyl/N-ethyl adjacent to an activating group) is 1. The van der Waals surface area contributed by atoms with Crippen molar-refractivity contribution in [1.82, 2.24) is 10.2 Å². The standard InChI is InChI=1S/C14H21N3O4/c1-10(8-17(2)3)15-14(20)16-11-6-4-5-7-12(11)21-9-13(18)19/h4-7,10H,8-9H2,1-3H3,(H,18,19)(H2,15,16,20). The third-order valence-electron chi connectivity index (χ3n) is 2.50. The molecule has 7 nitrogen and oxygen atoms in total. The minimum atomic E-state index is -1.08. The van der Waals surface area contributed by atoms with Crippen molar-refractivity contribution >= 4 is 17.7 Å². The number of nitrogens with one attached hydrogen (secondary N) is 2. The number of carboxylic acid groups (broad SMARTS) is 1. The third kappa shape index (κ3) is 6.62. The zero-order valence-electron chi connectivity index (χ0n) is 12.4. The van der Waals surface area contributed by atoms with E-state index in [2.05, 4.69) is 10.6 Å². The number of carboxylic acids is 1. The van der Waals surface area contributed by atoms with Crippen molar-refractivity contribution in [2.45, 2.75) is 13.0 Å². The molecule has 3 N–H and O–H groups in total. The Morgan fingerprint density at radius 2 is 2.00 bits per heavy atom. The monoisotopic (exact) mass is 295 g/mol. The van der Waals surface area contributed by atoms with Crippen LogP contribution < -0.4 is 15.4 Å². The number of benzene rings is 1. The maximum Gasteiger partial charge on any atom is 0.341 e. The molecule has 0 heterocycles. The molecule has 0 aliphatic rings. The maximum absolute atomic E-state index is 11.9. The molecule has 0 saturated carbocycles. The van der Waals surface area contributed by atoms with Crippen molar-refractivity contribution in [3.8, 4) is 5.75 Å². The fourth-order valence-corrected chi connectivity index (χ4v) is 1.81. The minimum Gasteiger partial charge on any atom is -0.480 e. The molecule has 0 radical (unpaired) electrons. The molecule has 0 saturated heterocycles. The summed E-state index contributed by atoms with van der Waals surface area (Å²) in [4.78, 5) is 24.4. The van der Waals surface area contributed by atoms with Gasteiger partial charge in [-0.2, -0.15) is 0 Å². The summed E-state index contributed by atoms with van der Waals surface area (Å²) >= 11 is 0. The van der Waals surface area contributed by atoms with Gasteiger partial charge in [0, 0.05) is 12.6 Å². The second kappa shape index (κ2) is 8.11. The number of rotatable bonds is 7. The molecule has 1 atom stereocenters. The lowest BCUT2D eigenvalue weighted by Crippen LogP contribution is -2.41. The molecule has 21 heavy (non-hydrogen) atoms. The van der Waals surface area contributed by atoms with Crippen LogP contribution in [0.2, 0.25) is 0 Å². The Morgan fingerprint density at radius 1 is 1.33 bits per heavy atom. The predicted octanol–water partition coefficient (Wildman–Crippen LogP) is 1.22. The van der Waals surface area contributed by atoms with Crippen LogP contribution in [0.5, 0.6) is 5.75 Å². The van der Waals surface area contributed by atoms with Gasteiger partial charge >= 0.3 is 12.0 Å². The number of hydrogen-bond acceptors (Lipinski definition) is 4. The molecule has 0 aliphatic carbocycles. The number of aliphatic carboxylic acids is 1. The highest BCUT2D eigenvalue weighted by Crippen LogP contribution is 2.23. The molecule has 1 aromatic rings. The quantitative estimate of drug-likeness (QED) is 0.703. The van der Waals surface area contributed by atoms with Crippen LogP contribution in [0.25, 0.3) is 0 Å². The van der Waals surface area contributed by atoms with E-state index in [-0.39, 0.29) is 12.1 Å². The number of para-hydroxylation sites is 2. The number of urea groups is 1. The van der Waals surface area contributed by atoms with Crippen LogP contribution in [0.1, 0.15) is 6.92 Å². The van der Waals surface area contributed by atoms with Crippen LogP contribution >= 0.6 is 0 Å². The Morgan fingerprint density at radius 3 is 2.62 bits per heavy atom. The van der Waals surface area contributed by atoms with E-state index < -0.39 is 12.6 Å². The second-order valence-electron chi connectivity index (χ2n) is 4.94. The van der Waals surface area contributed by atoms with Crippen LogP contribution in [0.4, 0.5) is 10.5 Å². The van der Waals surface area contributed by atoms with Gasteiger partial charge < -0.3 is 25.4 Å². The van der Waals surface area contributed by atoms with Gasteiger partial charge in [0.2, 0.25) is 0 Å². The zero-order valence-corrected chi connectivity index (χ0v) is 12.4. The number of ether oxygens (including phenoxy) is 1. The molecular formula is C14H21N3O4. The molecule has 0 bridgehead atoms. The van der Waals surface area contributed by atoms with Gasteiger partial charge in [0.05, 0.1) is 5.69 Å². The Kier molecular flexibility index (Phi) is 6.48. The van der Waals surface area contributed by atoms with E-state index in [1.165, 1.54) is 0 Å². The van der Waals surface area contributed by atoms with Gasteiger partial charge in [-0.3, -0.25) is 0 Å². The van der Waals surface area contributed by atoms with E-state index in [1.807, 2.05) is 25.9 Å². The van der Waals surface area contributed by atoms with Crippen LogP contribution in [-0.4, -0.2) is 55.3 Å². The molecular weight excluding hydrogens is 274 g/mol. The summed E-state index contributed by atoms with van der Waals surface area (Å²) in [5.41, 5.74) is 0.424. The summed E-state index contributed by atoms with van der Waals surface area (Å²) in [5.74, 6) is -0.760. The van der Waals surface area contributed by atoms with Gasteiger partial charge in [-0.15, -0.1) is 0 Å². The SMILES string of the molecule is CC(CN(C)C)NC(=O)Nc1ccccc1OCC(=O)O. The highest BCUT2D eigenvalue weighted by molar-refractivity contribution is 5.91. The normalized spacial score (nSPS) is 11.8. The van der Waals surface area contributed by atoms with Crippen molar-refractivity contribution in [2.75, 3.05) is 32.6 Å². The first-order valence-electron chi connectivity index (χ1n) is 6.54. The highest BCUT2D eigenvalue weighted by atomic mass is 16.5. The summed E-state index contributed by atoms with van der Waals surface area (Å²) in [6.07, 6.45) is 0. The molecule has 0 aliphatic heterocycles.